The number of hydrogen-bond donors (Lipinski definition) is 2. The standard InChI is InChI=1S/C24H30ClN5O6S2/c1-28-10-12-29(13-11-28)38(35,36)20-5-3-4-19(14-20)27-24(32)22-16-30(37(2,33)34)15-21(22)23(31)26-18-8-6-17(25)7-9-18/h3-9,14,21-22H,10-13,15-16H2,1-2H3,(H,26,31)(H,27,32)/t21-,22-/m0/s1. The molecule has 14 heteroatoms. The average molecular weight is 584 g/mol. The predicted molar refractivity (Wildman–Crippen MR) is 145 cm³/mol. The fourth-order valence-corrected chi connectivity index (χ4v) is 6.94. The highest BCUT2D eigenvalue weighted by atomic mass is 35.5. The number of halogens is 1. The Morgan fingerprint density at radius 3 is 1.92 bits per heavy atom. The van der Waals surface area contributed by atoms with Crippen molar-refractivity contribution in [3.05, 3.63) is 53.6 Å². The summed E-state index contributed by atoms with van der Waals surface area (Å²) in [4.78, 5) is 28.5. The van der Waals surface area contributed by atoms with Crippen molar-refractivity contribution in [2.24, 2.45) is 11.8 Å². The van der Waals surface area contributed by atoms with Gasteiger partial charge in [-0.15, -0.1) is 0 Å². The molecule has 0 aromatic heterocycles. The van der Waals surface area contributed by atoms with E-state index in [9.17, 15) is 26.4 Å². The highest BCUT2D eigenvalue weighted by molar-refractivity contribution is 7.89. The summed E-state index contributed by atoms with van der Waals surface area (Å²) in [6.45, 7) is 1.63. The van der Waals surface area contributed by atoms with Crippen molar-refractivity contribution in [3.8, 4) is 0 Å². The molecular weight excluding hydrogens is 554 g/mol. The number of nitrogens with zero attached hydrogens (tertiary/aromatic N) is 3. The molecule has 0 spiro atoms. The Balaban J connectivity index is 1.52. The molecule has 2 amide bonds. The Bertz CT molecular complexity index is 1410. The van der Waals surface area contributed by atoms with Crippen LogP contribution >= 0.6 is 11.6 Å². The fraction of sp³-hybridized carbons (Fsp3) is 0.417. The highest BCUT2D eigenvalue weighted by Crippen LogP contribution is 2.29. The number of benzene rings is 2. The summed E-state index contributed by atoms with van der Waals surface area (Å²) in [5.74, 6) is -3.04. The second-order valence-electron chi connectivity index (χ2n) is 9.51. The lowest BCUT2D eigenvalue weighted by Gasteiger charge is -2.31. The molecule has 2 atom stereocenters. The first-order valence-electron chi connectivity index (χ1n) is 12.0. The molecular formula is C24H30ClN5O6S2. The van der Waals surface area contributed by atoms with Crippen molar-refractivity contribution in [1.82, 2.24) is 13.5 Å². The minimum Gasteiger partial charge on any atom is -0.326 e. The van der Waals surface area contributed by atoms with Crippen LogP contribution in [0.25, 0.3) is 0 Å². The van der Waals surface area contributed by atoms with Crippen LogP contribution in [-0.2, 0) is 29.6 Å². The van der Waals surface area contributed by atoms with Gasteiger partial charge in [-0.1, -0.05) is 17.7 Å². The molecule has 0 bridgehead atoms. The quantitative estimate of drug-likeness (QED) is 0.502. The van der Waals surface area contributed by atoms with Crippen molar-refractivity contribution < 1.29 is 26.4 Å². The Hall–Kier alpha value is -2.55. The fourth-order valence-electron chi connectivity index (χ4n) is 4.48. The number of carbonyl (C=O) groups is 2. The van der Waals surface area contributed by atoms with E-state index >= 15 is 0 Å². The first kappa shape index (κ1) is 28.5. The highest BCUT2D eigenvalue weighted by Gasteiger charge is 2.45. The van der Waals surface area contributed by atoms with Crippen molar-refractivity contribution in [2.75, 3.05) is 63.2 Å². The van der Waals surface area contributed by atoms with Gasteiger partial charge >= 0.3 is 0 Å². The van der Waals surface area contributed by atoms with Gasteiger partial charge in [0, 0.05) is 55.7 Å². The van der Waals surface area contributed by atoms with E-state index in [2.05, 4.69) is 10.6 Å². The van der Waals surface area contributed by atoms with Gasteiger partial charge in [-0.2, -0.15) is 4.31 Å². The molecule has 11 nitrogen and oxygen atoms in total. The second-order valence-corrected chi connectivity index (χ2v) is 13.9. The van der Waals surface area contributed by atoms with Gasteiger partial charge in [0.05, 0.1) is 23.0 Å². The summed E-state index contributed by atoms with van der Waals surface area (Å²) < 4.78 is 53.2. The van der Waals surface area contributed by atoms with Crippen LogP contribution in [0.3, 0.4) is 0 Å². The Morgan fingerprint density at radius 2 is 1.37 bits per heavy atom. The normalized spacial score (nSPS) is 21.8. The van der Waals surface area contributed by atoms with Gasteiger partial charge in [-0.3, -0.25) is 9.59 Å². The van der Waals surface area contributed by atoms with Gasteiger partial charge in [0.25, 0.3) is 0 Å². The molecule has 4 rings (SSSR count). The van der Waals surface area contributed by atoms with Gasteiger partial charge in [0.1, 0.15) is 0 Å². The predicted octanol–water partition coefficient (Wildman–Crippen LogP) is 1.36. The van der Waals surface area contributed by atoms with Gasteiger partial charge in [-0.05, 0) is 49.5 Å². The van der Waals surface area contributed by atoms with Crippen LogP contribution in [0.2, 0.25) is 5.02 Å². The maximum absolute atomic E-state index is 13.3. The second kappa shape index (κ2) is 11.3. The van der Waals surface area contributed by atoms with Crippen LogP contribution in [0.1, 0.15) is 0 Å². The molecule has 2 saturated heterocycles. The van der Waals surface area contributed by atoms with Gasteiger partial charge in [-0.25, -0.2) is 21.1 Å². The number of rotatable bonds is 7. The monoisotopic (exact) mass is 583 g/mol. The van der Waals surface area contributed by atoms with Gasteiger partial charge in [0.2, 0.25) is 31.9 Å². The molecule has 2 aliphatic rings. The molecule has 0 unspecified atom stereocenters. The number of amides is 2. The van der Waals surface area contributed by atoms with E-state index < -0.39 is 43.7 Å². The maximum atomic E-state index is 13.3. The van der Waals surface area contributed by atoms with E-state index in [-0.39, 0.29) is 23.7 Å². The SMILES string of the molecule is CN1CCN(S(=O)(=O)c2cccc(NC(=O)[C@H]3CN(S(C)(=O)=O)C[C@@H]3C(=O)Nc3ccc(Cl)cc3)c2)CC1. The van der Waals surface area contributed by atoms with E-state index in [0.29, 0.717) is 36.9 Å². The lowest BCUT2D eigenvalue weighted by atomic mass is 9.94. The third-order valence-electron chi connectivity index (χ3n) is 6.74. The van der Waals surface area contributed by atoms with Crippen LogP contribution in [0.5, 0.6) is 0 Å². The van der Waals surface area contributed by atoms with E-state index in [1.807, 2.05) is 11.9 Å². The molecule has 2 aromatic rings. The Labute approximate surface area is 227 Å². The summed E-state index contributed by atoms with van der Waals surface area (Å²) >= 11 is 5.89. The molecule has 0 aliphatic carbocycles. The Morgan fingerprint density at radius 1 is 0.816 bits per heavy atom. The molecule has 2 heterocycles. The molecule has 206 valence electrons. The molecule has 2 aromatic carbocycles. The molecule has 0 radical (unpaired) electrons. The van der Waals surface area contributed by atoms with Gasteiger partial charge in [0.15, 0.2) is 0 Å². The topological polar surface area (TPSA) is 136 Å². The smallest absolute Gasteiger partial charge is 0.243 e. The summed E-state index contributed by atoms with van der Waals surface area (Å²) in [5, 5.41) is 5.89. The molecule has 0 saturated carbocycles. The van der Waals surface area contributed by atoms with Crippen LogP contribution in [0.4, 0.5) is 11.4 Å². The summed E-state index contributed by atoms with van der Waals surface area (Å²) in [7, 11) is -5.49. The third kappa shape index (κ3) is 6.53. The molecule has 2 N–H and O–H groups in total. The average Bonchev–Trinajstić information content (AvgIpc) is 3.33. The Kier molecular flexibility index (Phi) is 8.45. The van der Waals surface area contributed by atoms with Gasteiger partial charge < -0.3 is 15.5 Å². The number of likely N-dealkylation sites (N-methyl/N-ethyl adjacent to an activating group) is 1. The van der Waals surface area contributed by atoms with Crippen molar-refractivity contribution in [3.63, 3.8) is 0 Å². The minimum atomic E-state index is -3.76. The molecule has 2 aliphatic heterocycles. The zero-order valence-electron chi connectivity index (χ0n) is 21.0. The number of sulfonamides is 2. The van der Waals surface area contributed by atoms with E-state index in [1.165, 1.54) is 22.5 Å². The zero-order chi connectivity index (χ0) is 27.7. The summed E-state index contributed by atoms with van der Waals surface area (Å²) in [5.41, 5.74) is 0.693. The molecule has 38 heavy (non-hydrogen) atoms. The number of anilines is 2. The summed E-state index contributed by atoms with van der Waals surface area (Å²) in [6.07, 6.45) is 1.02. The van der Waals surface area contributed by atoms with E-state index in [0.717, 1.165) is 10.6 Å². The third-order valence-corrected chi connectivity index (χ3v) is 10.1. The minimum absolute atomic E-state index is 0.0427. The largest absolute Gasteiger partial charge is 0.326 e. The zero-order valence-corrected chi connectivity index (χ0v) is 23.4. The number of nitrogens with one attached hydrogen (secondary N) is 2. The van der Waals surface area contributed by atoms with Crippen molar-refractivity contribution >= 4 is 54.8 Å². The first-order chi connectivity index (χ1) is 17.8. The van der Waals surface area contributed by atoms with Crippen LogP contribution in [0.15, 0.2) is 53.4 Å². The van der Waals surface area contributed by atoms with Crippen molar-refractivity contribution in [1.29, 1.82) is 0 Å². The number of carbonyl (C=O) groups excluding carboxylic acids is 2. The number of piperazine rings is 1. The van der Waals surface area contributed by atoms with Crippen LogP contribution < -0.4 is 10.6 Å². The lowest BCUT2D eigenvalue weighted by molar-refractivity contribution is -0.127. The lowest BCUT2D eigenvalue weighted by Crippen LogP contribution is -2.47. The number of hydrogen-bond acceptors (Lipinski definition) is 7. The van der Waals surface area contributed by atoms with E-state index in [4.69, 9.17) is 11.6 Å². The maximum Gasteiger partial charge on any atom is 0.243 e. The van der Waals surface area contributed by atoms with Crippen LogP contribution in [0, 0.1) is 11.8 Å². The van der Waals surface area contributed by atoms with E-state index in [1.54, 1.807) is 30.3 Å². The van der Waals surface area contributed by atoms with Crippen LogP contribution in [-0.4, -0.2) is 94.7 Å². The summed E-state index contributed by atoms with van der Waals surface area (Å²) in [6, 6.07) is 12.3. The van der Waals surface area contributed by atoms with Crippen molar-refractivity contribution in [2.45, 2.75) is 4.90 Å². The molecule has 2 fully saturated rings. The first-order valence-corrected chi connectivity index (χ1v) is 15.6.